The molecular weight excluding hydrogens is 356 g/mol. The standard InChI is InChI=1S/C23H34O5/c1-20-7-4-16(24)12-15(20)3-9-22(26)18(20)6-8-21(2)17(5-10-23(21,22)27)14-11-19(25)28-13-14/h11,15-18,24,26-27H,3-10,12-13H2,1-2H3/t15-,16?,17-,18-,20-,21+,22-,23+/m0/s1. The fourth-order valence-corrected chi connectivity index (χ4v) is 8.45. The fraction of sp³-hybridized carbons (Fsp3) is 0.870. The van der Waals surface area contributed by atoms with Gasteiger partial charge >= 0.3 is 5.97 Å². The molecule has 0 amide bonds. The SMILES string of the molecule is C[C@]12CCC(O)C[C@@H]1CC[C@]1(O)[C@H]2CC[C@]2(C)[C@H](C3=CC(=O)OC3)CC[C@@]21O. The molecule has 4 fully saturated rings. The lowest BCUT2D eigenvalue weighted by atomic mass is 9.41. The van der Waals surface area contributed by atoms with Crippen molar-refractivity contribution in [2.24, 2.45) is 28.6 Å². The van der Waals surface area contributed by atoms with Gasteiger partial charge in [0.1, 0.15) is 6.61 Å². The molecule has 4 saturated carbocycles. The Morgan fingerprint density at radius 1 is 1.04 bits per heavy atom. The van der Waals surface area contributed by atoms with Gasteiger partial charge in [-0.25, -0.2) is 4.79 Å². The van der Waals surface area contributed by atoms with Crippen LogP contribution in [-0.4, -0.2) is 45.2 Å². The van der Waals surface area contributed by atoms with E-state index in [1.807, 2.05) is 0 Å². The Balaban J connectivity index is 1.52. The minimum absolute atomic E-state index is 0.0208. The maximum atomic E-state index is 12.1. The molecule has 1 heterocycles. The highest BCUT2D eigenvalue weighted by Crippen LogP contribution is 2.71. The van der Waals surface area contributed by atoms with Crippen molar-refractivity contribution in [2.75, 3.05) is 6.61 Å². The van der Waals surface area contributed by atoms with Crippen molar-refractivity contribution in [3.63, 3.8) is 0 Å². The van der Waals surface area contributed by atoms with Crippen LogP contribution in [0.5, 0.6) is 0 Å². The third-order valence-corrected chi connectivity index (χ3v) is 10.1. The summed E-state index contributed by atoms with van der Waals surface area (Å²) in [5.41, 5.74) is -1.69. The topological polar surface area (TPSA) is 87.0 Å². The minimum Gasteiger partial charge on any atom is -0.458 e. The molecule has 0 bridgehead atoms. The zero-order valence-corrected chi connectivity index (χ0v) is 17.1. The van der Waals surface area contributed by atoms with E-state index in [-0.39, 0.29) is 29.3 Å². The van der Waals surface area contributed by atoms with Gasteiger partial charge in [0.25, 0.3) is 0 Å². The Morgan fingerprint density at radius 3 is 2.54 bits per heavy atom. The maximum absolute atomic E-state index is 12.1. The number of aliphatic hydroxyl groups excluding tert-OH is 1. The van der Waals surface area contributed by atoms with Crippen molar-refractivity contribution >= 4 is 5.97 Å². The van der Waals surface area contributed by atoms with E-state index in [1.54, 1.807) is 6.08 Å². The highest BCUT2D eigenvalue weighted by atomic mass is 16.5. The Kier molecular flexibility index (Phi) is 3.97. The van der Waals surface area contributed by atoms with Gasteiger partial charge in [-0.2, -0.15) is 0 Å². The van der Waals surface area contributed by atoms with Crippen LogP contribution in [0, 0.1) is 28.6 Å². The number of rotatable bonds is 1. The van der Waals surface area contributed by atoms with Crippen molar-refractivity contribution in [2.45, 2.75) is 88.9 Å². The first-order valence-corrected chi connectivity index (χ1v) is 11.1. The number of carbonyl (C=O) groups is 1. The predicted molar refractivity (Wildman–Crippen MR) is 103 cm³/mol. The van der Waals surface area contributed by atoms with Crippen molar-refractivity contribution in [1.29, 1.82) is 0 Å². The summed E-state index contributed by atoms with van der Waals surface area (Å²) in [6.45, 7) is 4.75. The monoisotopic (exact) mass is 390 g/mol. The molecule has 28 heavy (non-hydrogen) atoms. The average molecular weight is 391 g/mol. The maximum Gasteiger partial charge on any atom is 0.331 e. The predicted octanol–water partition coefficient (Wildman–Crippen LogP) is 2.72. The van der Waals surface area contributed by atoms with Crippen LogP contribution in [0.4, 0.5) is 0 Å². The molecule has 5 nitrogen and oxygen atoms in total. The summed E-state index contributed by atoms with van der Waals surface area (Å²) in [6.07, 6.45) is 8.55. The molecule has 5 rings (SSSR count). The first-order valence-electron chi connectivity index (χ1n) is 11.1. The summed E-state index contributed by atoms with van der Waals surface area (Å²) >= 11 is 0. The Morgan fingerprint density at radius 2 is 1.82 bits per heavy atom. The van der Waals surface area contributed by atoms with Crippen LogP contribution >= 0.6 is 0 Å². The van der Waals surface area contributed by atoms with Crippen LogP contribution in [0.15, 0.2) is 11.6 Å². The number of esters is 1. The highest BCUT2D eigenvalue weighted by Gasteiger charge is 2.74. The van der Waals surface area contributed by atoms with Crippen LogP contribution in [0.2, 0.25) is 0 Å². The molecule has 156 valence electrons. The third-order valence-electron chi connectivity index (χ3n) is 10.1. The smallest absolute Gasteiger partial charge is 0.331 e. The molecule has 5 heteroatoms. The molecular formula is C23H34O5. The van der Waals surface area contributed by atoms with Crippen molar-refractivity contribution < 1.29 is 24.9 Å². The van der Waals surface area contributed by atoms with Gasteiger partial charge in [0, 0.05) is 11.5 Å². The summed E-state index contributed by atoms with van der Waals surface area (Å²) in [7, 11) is 0. The van der Waals surface area contributed by atoms with Gasteiger partial charge in [-0.15, -0.1) is 0 Å². The lowest BCUT2D eigenvalue weighted by Gasteiger charge is -2.67. The average Bonchev–Trinajstić information content (AvgIpc) is 3.18. The minimum atomic E-state index is -1.13. The summed E-state index contributed by atoms with van der Waals surface area (Å²) < 4.78 is 5.16. The van der Waals surface area contributed by atoms with E-state index in [4.69, 9.17) is 4.74 Å². The van der Waals surface area contributed by atoms with Gasteiger partial charge in [-0.05, 0) is 86.5 Å². The molecule has 1 unspecified atom stereocenters. The van der Waals surface area contributed by atoms with Crippen molar-refractivity contribution in [3.05, 3.63) is 11.6 Å². The van der Waals surface area contributed by atoms with Crippen molar-refractivity contribution in [1.82, 2.24) is 0 Å². The van der Waals surface area contributed by atoms with Gasteiger partial charge in [-0.1, -0.05) is 13.8 Å². The normalized spacial score (nSPS) is 55.8. The number of cyclic esters (lactones) is 1. The Hall–Kier alpha value is -0.910. The van der Waals surface area contributed by atoms with Crippen LogP contribution in [-0.2, 0) is 9.53 Å². The number of carbonyl (C=O) groups excluding carboxylic acids is 1. The van der Waals surface area contributed by atoms with Crippen LogP contribution < -0.4 is 0 Å². The summed E-state index contributed by atoms with van der Waals surface area (Å²) in [4.78, 5) is 11.6. The summed E-state index contributed by atoms with van der Waals surface area (Å²) in [5.74, 6) is 0.302. The molecule has 8 atom stereocenters. The lowest BCUT2D eigenvalue weighted by molar-refractivity contribution is -0.296. The quantitative estimate of drug-likeness (QED) is 0.599. The van der Waals surface area contributed by atoms with E-state index in [2.05, 4.69) is 13.8 Å². The van der Waals surface area contributed by atoms with Gasteiger partial charge in [0.05, 0.1) is 17.3 Å². The van der Waals surface area contributed by atoms with Gasteiger partial charge in [0.2, 0.25) is 0 Å². The zero-order valence-electron chi connectivity index (χ0n) is 17.1. The van der Waals surface area contributed by atoms with Gasteiger partial charge in [0.15, 0.2) is 0 Å². The molecule has 0 aromatic heterocycles. The molecule has 0 radical (unpaired) electrons. The molecule has 0 saturated heterocycles. The van der Waals surface area contributed by atoms with Crippen LogP contribution in [0.1, 0.15) is 71.6 Å². The number of ether oxygens (including phenoxy) is 1. The molecule has 3 N–H and O–H groups in total. The zero-order chi connectivity index (χ0) is 19.9. The van der Waals surface area contributed by atoms with Crippen LogP contribution in [0.3, 0.4) is 0 Å². The first-order chi connectivity index (χ1) is 13.1. The molecule has 0 aromatic rings. The second kappa shape index (κ2) is 5.83. The third kappa shape index (κ3) is 2.16. The second-order valence-electron chi connectivity index (χ2n) is 10.9. The fourth-order valence-electron chi connectivity index (χ4n) is 8.45. The summed E-state index contributed by atoms with van der Waals surface area (Å²) in [5, 5.41) is 34.4. The lowest BCUT2D eigenvalue weighted by Crippen LogP contribution is -2.73. The van der Waals surface area contributed by atoms with E-state index >= 15 is 0 Å². The molecule has 0 aromatic carbocycles. The molecule has 0 spiro atoms. The molecule has 5 aliphatic rings. The number of hydrogen-bond donors (Lipinski definition) is 3. The van der Waals surface area contributed by atoms with E-state index in [0.29, 0.717) is 25.4 Å². The second-order valence-corrected chi connectivity index (χ2v) is 10.9. The van der Waals surface area contributed by atoms with E-state index in [1.165, 1.54) is 0 Å². The van der Waals surface area contributed by atoms with E-state index in [0.717, 1.165) is 50.5 Å². The van der Waals surface area contributed by atoms with Crippen LogP contribution in [0.25, 0.3) is 0 Å². The largest absolute Gasteiger partial charge is 0.458 e. The van der Waals surface area contributed by atoms with E-state index in [9.17, 15) is 20.1 Å². The Labute approximate surface area is 167 Å². The van der Waals surface area contributed by atoms with Gasteiger partial charge in [-0.3, -0.25) is 0 Å². The first kappa shape index (κ1) is 19.1. The summed E-state index contributed by atoms with van der Waals surface area (Å²) in [6, 6.07) is 0. The molecule has 4 aliphatic carbocycles. The van der Waals surface area contributed by atoms with Crippen molar-refractivity contribution in [3.8, 4) is 0 Å². The Bertz CT molecular complexity index is 733. The molecule has 1 aliphatic heterocycles. The van der Waals surface area contributed by atoms with Gasteiger partial charge < -0.3 is 20.1 Å². The number of fused-ring (bicyclic) bond motifs is 5. The number of aliphatic hydroxyl groups is 3. The van der Waals surface area contributed by atoms with E-state index < -0.39 is 16.6 Å². The highest BCUT2D eigenvalue weighted by molar-refractivity contribution is 5.85. The number of hydrogen-bond acceptors (Lipinski definition) is 5.